The van der Waals surface area contributed by atoms with E-state index < -0.39 is 36.9 Å². The van der Waals surface area contributed by atoms with Gasteiger partial charge in [-0.3, -0.25) is 4.79 Å². The summed E-state index contributed by atoms with van der Waals surface area (Å²) in [5, 5.41) is 43.6. The van der Waals surface area contributed by atoms with Crippen LogP contribution in [0.1, 0.15) is 251 Å². The Balaban J connectivity index is 3.69. The first-order valence-corrected chi connectivity index (χ1v) is 24.2. The maximum Gasteiger partial charge on any atom is 0.249 e. The van der Waals surface area contributed by atoms with E-state index in [9.17, 15) is 25.2 Å². The van der Waals surface area contributed by atoms with Gasteiger partial charge in [-0.2, -0.15) is 0 Å². The molecule has 0 radical (unpaired) electrons. The Morgan fingerprint density at radius 3 is 1.15 bits per heavy atom. The molecule has 4 unspecified atom stereocenters. The number of unbranched alkanes of at least 4 members (excludes halogenated alkanes) is 31. The highest BCUT2D eigenvalue weighted by molar-refractivity contribution is 5.80. The zero-order valence-electron chi connectivity index (χ0n) is 36.7. The summed E-state index contributed by atoms with van der Waals surface area (Å²) in [5.41, 5.74) is 0. The van der Waals surface area contributed by atoms with Crippen LogP contribution in [0.2, 0.25) is 0 Å². The third-order valence-corrected chi connectivity index (χ3v) is 11.4. The fourth-order valence-electron chi connectivity index (χ4n) is 7.54. The van der Waals surface area contributed by atoms with Gasteiger partial charge in [-0.05, 0) is 51.4 Å². The molecule has 0 aliphatic heterocycles. The molecule has 0 rings (SSSR count). The number of amides is 1. The van der Waals surface area contributed by atoms with E-state index in [2.05, 4.69) is 43.5 Å². The minimum absolute atomic E-state index is 0.363. The molecule has 0 aliphatic rings. The lowest BCUT2D eigenvalue weighted by atomic mass is 10.00. The summed E-state index contributed by atoms with van der Waals surface area (Å²) < 4.78 is 0. The molecule has 1 amide bonds. The monoisotopic (exact) mass is 778 g/mol. The van der Waals surface area contributed by atoms with Crippen LogP contribution in [0, 0.1) is 0 Å². The molecule has 326 valence electrons. The number of allylic oxidation sites excluding steroid dienone is 4. The lowest BCUT2D eigenvalue weighted by Crippen LogP contribution is -2.53. The van der Waals surface area contributed by atoms with Crippen molar-refractivity contribution >= 4 is 5.91 Å². The molecule has 6 nitrogen and oxygen atoms in total. The fourth-order valence-corrected chi connectivity index (χ4v) is 7.54. The summed E-state index contributed by atoms with van der Waals surface area (Å²) in [6, 6.07) is -1.00. The van der Waals surface area contributed by atoms with E-state index in [0.717, 1.165) is 38.5 Å². The van der Waals surface area contributed by atoms with Crippen molar-refractivity contribution in [1.29, 1.82) is 0 Å². The zero-order valence-corrected chi connectivity index (χ0v) is 36.7. The predicted molar refractivity (Wildman–Crippen MR) is 237 cm³/mol. The Morgan fingerprint density at radius 2 is 0.764 bits per heavy atom. The molecule has 0 heterocycles. The van der Waals surface area contributed by atoms with Gasteiger partial charge < -0.3 is 25.7 Å². The zero-order chi connectivity index (χ0) is 40.3. The Kier molecular flexibility index (Phi) is 42.9. The topological polar surface area (TPSA) is 110 Å². The van der Waals surface area contributed by atoms with Crippen LogP contribution in [-0.4, -0.2) is 57.3 Å². The second-order valence-electron chi connectivity index (χ2n) is 16.8. The number of hydrogen-bond acceptors (Lipinski definition) is 5. The highest BCUT2D eigenvalue weighted by atomic mass is 16.3. The van der Waals surface area contributed by atoms with E-state index >= 15 is 0 Å². The third-order valence-electron chi connectivity index (χ3n) is 11.4. The normalized spacial score (nSPS) is 14.2. The van der Waals surface area contributed by atoms with E-state index in [1.54, 1.807) is 0 Å². The van der Waals surface area contributed by atoms with Gasteiger partial charge in [0.1, 0.15) is 12.2 Å². The SMILES string of the molecule is CCCCCCCCCCCCCCCCCCCC/C=C/CC/C=C/CCCC(O)C(O)C(CO)NC(=O)C(O)CCCCCCCCCCCCCC. The van der Waals surface area contributed by atoms with E-state index in [4.69, 9.17) is 0 Å². The minimum atomic E-state index is -1.29. The van der Waals surface area contributed by atoms with Crippen LogP contribution in [-0.2, 0) is 4.79 Å². The number of aliphatic hydroxyl groups excluding tert-OH is 4. The van der Waals surface area contributed by atoms with Gasteiger partial charge in [0.05, 0.1) is 18.8 Å². The largest absolute Gasteiger partial charge is 0.394 e. The smallest absolute Gasteiger partial charge is 0.249 e. The molecule has 55 heavy (non-hydrogen) atoms. The van der Waals surface area contributed by atoms with Crippen LogP contribution in [0.3, 0.4) is 0 Å². The van der Waals surface area contributed by atoms with Crippen LogP contribution < -0.4 is 5.32 Å². The van der Waals surface area contributed by atoms with Crippen molar-refractivity contribution in [3.05, 3.63) is 24.3 Å². The second kappa shape index (κ2) is 43.9. The maximum absolute atomic E-state index is 12.5. The van der Waals surface area contributed by atoms with Gasteiger partial charge in [0.15, 0.2) is 0 Å². The van der Waals surface area contributed by atoms with Gasteiger partial charge in [0, 0.05) is 0 Å². The quantitative estimate of drug-likeness (QED) is 0.0313. The standard InChI is InChI=1S/C49H95NO5/c1-3-5-7-9-11-13-15-17-18-19-20-21-22-23-24-25-26-27-28-29-30-31-33-34-36-38-40-42-46(52)48(54)45(44-51)50-49(55)47(53)43-41-39-37-35-32-16-14-12-10-8-6-4-2/h29-30,34,36,45-48,51-54H,3-28,31-33,35,37-44H2,1-2H3,(H,50,55)/b30-29+,36-34+. The van der Waals surface area contributed by atoms with E-state index in [0.29, 0.717) is 19.3 Å². The molecule has 0 aromatic rings. The number of rotatable bonds is 44. The lowest BCUT2D eigenvalue weighted by molar-refractivity contribution is -0.132. The number of hydrogen-bond donors (Lipinski definition) is 5. The van der Waals surface area contributed by atoms with Gasteiger partial charge in [-0.25, -0.2) is 0 Å². The first-order valence-electron chi connectivity index (χ1n) is 24.2. The van der Waals surface area contributed by atoms with Gasteiger partial charge in [0.2, 0.25) is 5.91 Å². The third kappa shape index (κ3) is 38.1. The molecule has 0 saturated carbocycles. The van der Waals surface area contributed by atoms with Crippen molar-refractivity contribution in [2.75, 3.05) is 6.61 Å². The summed E-state index contributed by atoms with van der Waals surface area (Å²) in [5.74, 6) is -0.597. The van der Waals surface area contributed by atoms with Crippen molar-refractivity contribution in [2.24, 2.45) is 0 Å². The van der Waals surface area contributed by atoms with Crippen LogP contribution in [0.25, 0.3) is 0 Å². The first-order chi connectivity index (χ1) is 27.0. The molecule has 0 aromatic carbocycles. The summed E-state index contributed by atoms with van der Waals surface area (Å²) in [6.07, 6.45) is 50.9. The average Bonchev–Trinajstić information content (AvgIpc) is 3.19. The van der Waals surface area contributed by atoms with Gasteiger partial charge in [-0.1, -0.05) is 224 Å². The van der Waals surface area contributed by atoms with Crippen molar-refractivity contribution in [1.82, 2.24) is 5.32 Å². The maximum atomic E-state index is 12.5. The Labute approximate surface area is 342 Å². The number of nitrogens with one attached hydrogen (secondary N) is 1. The molecule has 0 spiro atoms. The van der Waals surface area contributed by atoms with Crippen LogP contribution in [0.4, 0.5) is 0 Å². The van der Waals surface area contributed by atoms with E-state index in [-0.39, 0.29) is 0 Å². The number of aliphatic hydroxyl groups is 4. The predicted octanol–water partition coefficient (Wildman–Crippen LogP) is 13.1. The minimum Gasteiger partial charge on any atom is -0.394 e. The van der Waals surface area contributed by atoms with Crippen molar-refractivity contribution in [2.45, 2.75) is 276 Å². The molecule has 6 heteroatoms. The summed E-state index contributed by atoms with van der Waals surface area (Å²) in [7, 11) is 0. The molecule has 4 atom stereocenters. The number of carbonyl (C=O) groups excluding carboxylic acids is 1. The lowest BCUT2D eigenvalue weighted by Gasteiger charge is -2.27. The average molecular weight is 778 g/mol. The van der Waals surface area contributed by atoms with Crippen molar-refractivity contribution in [3.63, 3.8) is 0 Å². The molecule has 0 bridgehead atoms. The highest BCUT2D eigenvalue weighted by Gasteiger charge is 2.28. The van der Waals surface area contributed by atoms with Gasteiger partial charge >= 0.3 is 0 Å². The van der Waals surface area contributed by atoms with Crippen LogP contribution >= 0.6 is 0 Å². The van der Waals surface area contributed by atoms with Gasteiger partial charge in [0.25, 0.3) is 0 Å². The second-order valence-corrected chi connectivity index (χ2v) is 16.8. The van der Waals surface area contributed by atoms with Crippen LogP contribution in [0.15, 0.2) is 24.3 Å². The summed E-state index contributed by atoms with van der Waals surface area (Å²) >= 11 is 0. The first kappa shape index (κ1) is 53.8. The fraction of sp³-hybridized carbons (Fsp3) is 0.898. The molecule has 5 N–H and O–H groups in total. The van der Waals surface area contributed by atoms with Crippen molar-refractivity contribution in [3.8, 4) is 0 Å². The molecule has 0 aliphatic carbocycles. The molecular formula is C49H95NO5. The Hall–Kier alpha value is -1.21. The molecular weight excluding hydrogens is 683 g/mol. The van der Waals surface area contributed by atoms with Crippen molar-refractivity contribution < 1.29 is 25.2 Å². The Morgan fingerprint density at radius 1 is 0.436 bits per heavy atom. The molecule has 0 fully saturated rings. The van der Waals surface area contributed by atoms with Crippen LogP contribution in [0.5, 0.6) is 0 Å². The molecule has 0 aromatic heterocycles. The summed E-state index contributed by atoms with van der Waals surface area (Å²) in [4.78, 5) is 12.5. The Bertz CT molecular complexity index is 832. The molecule has 0 saturated heterocycles. The van der Waals surface area contributed by atoms with E-state index in [1.807, 2.05) is 0 Å². The number of carbonyl (C=O) groups is 1. The van der Waals surface area contributed by atoms with E-state index in [1.165, 1.54) is 180 Å². The highest BCUT2D eigenvalue weighted by Crippen LogP contribution is 2.16. The van der Waals surface area contributed by atoms with Gasteiger partial charge in [-0.15, -0.1) is 0 Å². The summed E-state index contributed by atoms with van der Waals surface area (Å²) in [6.45, 7) is 4.04.